The van der Waals surface area contributed by atoms with Crippen LogP contribution >= 0.6 is 34.5 Å². The highest BCUT2D eigenvalue weighted by Gasteiger charge is 2.11. The summed E-state index contributed by atoms with van der Waals surface area (Å²) in [5, 5.41) is 11.2. The number of hydrogen-bond acceptors (Lipinski definition) is 4. The van der Waals surface area contributed by atoms with Gasteiger partial charge in [0.25, 0.3) is 0 Å². The van der Waals surface area contributed by atoms with E-state index in [0.29, 0.717) is 32.1 Å². The minimum absolute atomic E-state index is 0.459. The summed E-state index contributed by atoms with van der Waals surface area (Å²) in [6.07, 6.45) is 1.69. The lowest BCUT2D eigenvalue weighted by Crippen LogP contribution is -1.79. The van der Waals surface area contributed by atoms with Crippen LogP contribution in [0.1, 0.15) is 10.8 Å². The number of nitrogens with zero attached hydrogens (tertiary/aromatic N) is 2. The van der Waals surface area contributed by atoms with Gasteiger partial charge in [-0.15, -0.1) is 11.3 Å². The average Bonchev–Trinajstić information content (AvgIpc) is 3.28. The molecule has 0 N–H and O–H groups in total. The molecule has 2 aromatic carbocycles. The van der Waals surface area contributed by atoms with Crippen LogP contribution in [-0.4, -0.2) is 4.98 Å². The summed E-state index contributed by atoms with van der Waals surface area (Å²) in [7, 11) is 0. The van der Waals surface area contributed by atoms with Crippen molar-refractivity contribution in [3.05, 3.63) is 75.4 Å². The average molecular weight is 397 g/mol. The molecule has 0 aliphatic carbocycles. The zero-order chi connectivity index (χ0) is 18.1. The Morgan fingerprint density at radius 2 is 1.92 bits per heavy atom. The van der Waals surface area contributed by atoms with E-state index in [9.17, 15) is 5.26 Å². The van der Waals surface area contributed by atoms with Gasteiger partial charge >= 0.3 is 0 Å². The third kappa shape index (κ3) is 3.25. The van der Waals surface area contributed by atoms with E-state index in [0.717, 1.165) is 15.8 Å². The first-order chi connectivity index (χ1) is 12.6. The van der Waals surface area contributed by atoms with Crippen LogP contribution in [-0.2, 0) is 0 Å². The fourth-order valence-electron chi connectivity index (χ4n) is 2.51. The van der Waals surface area contributed by atoms with Gasteiger partial charge in [0.15, 0.2) is 0 Å². The Balaban J connectivity index is 1.69. The molecule has 0 fully saturated rings. The molecule has 0 saturated heterocycles. The normalized spacial score (nSPS) is 11.7. The fourth-order valence-corrected chi connectivity index (χ4v) is 3.74. The second-order valence-corrected chi connectivity index (χ2v) is 7.33. The Hall–Kier alpha value is -2.58. The largest absolute Gasteiger partial charge is 0.457 e. The van der Waals surface area contributed by atoms with Crippen molar-refractivity contribution in [2.75, 3.05) is 0 Å². The number of nitriles is 1. The smallest absolute Gasteiger partial charge is 0.135 e. The van der Waals surface area contributed by atoms with Crippen LogP contribution in [0.3, 0.4) is 0 Å². The predicted molar refractivity (Wildman–Crippen MR) is 107 cm³/mol. The molecule has 0 spiro atoms. The molecule has 126 valence electrons. The summed E-state index contributed by atoms with van der Waals surface area (Å²) in [5.74, 6) is 1.22. The van der Waals surface area contributed by atoms with Gasteiger partial charge in [0, 0.05) is 11.6 Å². The van der Waals surface area contributed by atoms with E-state index in [1.54, 1.807) is 18.2 Å². The van der Waals surface area contributed by atoms with Gasteiger partial charge in [-0.2, -0.15) is 5.26 Å². The molecule has 6 heteroatoms. The molecule has 0 unspecified atom stereocenters. The Kier molecular flexibility index (Phi) is 4.52. The summed E-state index contributed by atoms with van der Waals surface area (Å²) in [4.78, 5) is 4.52. The van der Waals surface area contributed by atoms with Gasteiger partial charge in [-0.25, -0.2) is 4.98 Å². The van der Waals surface area contributed by atoms with E-state index >= 15 is 0 Å². The highest BCUT2D eigenvalue weighted by molar-refractivity contribution is 7.19. The zero-order valence-corrected chi connectivity index (χ0v) is 15.6. The number of furan rings is 1. The lowest BCUT2D eigenvalue weighted by molar-refractivity contribution is 0.572. The van der Waals surface area contributed by atoms with Crippen molar-refractivity contribution in [3.63, 3.8) is 0 Å². The molecule has 26 heavy (non-hydrogen) atoms. The van der Waals surface area contributed by atoms with Crippen molar-refractivity contribution in [1.29, 1.82) is 5.26 Å². The van der Waals surface area contributed by atoms with Crippen molar-refractivity contribution in [2.24, 2.45) is 0 Å². The fraction of sp³-hybridized carbons (Fsp3) is 0. The van der Waals surface area contributed by atoms with Crippen molar-refractivity contribution in [2.45, 2.75) is 0 Å². The highest BCUT2D eigenvalue weighted by Crippen LogP contribution is 2.32. The Bertz CT molecular complexity index is 1150. The number of halogens is 2. The van der Waals surface area contributed by atoms with Crippen molar-refractivity contribution >= 4 is 56.4 Å². The van der Waals surface area contributed by atoms with Gasteiger partial charge in [-0.3, -0.25) is 0 Å². The van der Waals surface area contributed by atoms with Crippen LogP contribution in [0.25, 0.3) is 33.2 Å². The second-order valence-electron chi connectivity index (χ2n) is 5.49. The first-order valence-electron chi connectivity index (χ1n) is 7.67. The van der Waals surface area contributed by atoms with Gasteiger partial charge < -0.3 is 4.42 Å². The van der Waals surface area contributed by atoms with Crippen molar-refractivity contribution in [1.82, 2.24) is 4.98 Å². The monoisotopic (exact) mass is 396 g/mol. The molecule has 0 radical (unpaired) electrons. The van der Waals surface area contributed by atoms with E-state index < -0.39 is 0 Å². The Morgan fingerprint density at radius 3 is 2.69 bits per heavy atom. The highest BCUT2D eigenvalue weighted by atomic mass is 35.5. The van der Waals surface area contributed by atoms with Crippen molar-refractivity contribution < 1.29 is 4.42 Å². The molecular formula is C20H10Cl2N2OS. The van der Waals surface area contributed by atoms with Crippen LogP contribution in [0.2, 0.25) is 10.0 Å². The molecule has 4 rings (SSSR count). The maximum Gasteiger partial charge on any atom is 0.135 e. The third-order valence-corrected chi connectivity index (χ3v) is 5.57. The minimum Gasteiger partial charge on any atom is -0.457 e. The van der Waals surface area contributed by atoms with Crippen LogP contribution in [0.4, 0.5) is 0 Å². The van der Waals surface area contributed by atoms with E-state index in [4.69, 9.17) is 27.6 Å². The summed E-state index contributed by atoms with van der Waals surface area (Å²) in [5.41, 5.74) is 2.16. The Morgan fingerprint density at radius 1 is 1.08 bits per heavy atom. The van der Waals surface area contributed by atoms with Crippen molar-refractivity contribution in [3.8, 4) is 17.4 Å². The van der Waals surface area contributed by atoms with E-state index in [1.165, 1.54) is 11.3 Å². The van der Waals surface area contributed by atoms with Crippen LogP contribution in [0.15, 0.2) is 59.0 Å². The van der Waals surface area contributed by atoms with Crippen LogP contribution < -0.4 is 0 Å². The van der Waals surface area contributed by atoms with Crippen LogP contribution in [0.5, 0.6) is 0 Å². The maximum atomic E-state index is 9.53. The number of hydrogen-bond donors (Lipinski definition) is 0. The molecule has 0 bridgehead atoms. The number of benzene rings is 2. The Labute approximate surface area is 163 Å². The summed E-state index contributed by atoms with van der Waals surface area (Å²) in [6, 6.07) is 18.9. The van der Waals surface area contributed by atoms with Crippen LogP contribution in [0, 0.1) is 11.3 Å². The molecule has 3 nitrogen and oxygen atoms in total. The summed E-state index contributed by atoms with van der Waals surface area (Å²) < 4.78 is 6.88. The van der Waals surface area contributed by atoms with E-state index in [2.05, 4.69) is 11.1 Å². The predicted octanol–water partition coefficient (Wildman–Crippen LogP) is 6.93. The lowest BCUT2D eigenvalue weighted by Gasteiger charge is -1.99. The molecule has 0 amide bonds. The van der Waals surface area contributed by atoms with Gasteiger partial charge in [0.2, 0.25) is 0 Å². The molecule has 2 heterocycles. The topological polar surface area (TPSA) is 49.8 Å². The van der Waals surface area contributed by atoms with Gasteiger partial charge in [-0.05, 0) is 42.5 Å². The third-order valence-electron chi connectivity index (χ3n) is 3.76. The number of fused-ring (bicyclic) bond motifs is 1. The summed E-state index contributed by atoms with van der Waals surface area (Å²) in [6.45, 7) is 0. The molecule has 0 atom stereocenters. The quantitative estimate of drug-likeness (QED) is 0.352. The minimum atomic E-state index is 0.459. The lowest BCUT2D eigenvalue weighted by atomic mass is 10.2. The molecule has 0 saturated carbocycles. The summed E-state index contributed by atoms with van der Waals surface area (Å²) >= 11 is 13.5. The number of thiazole rings is 1. The standard InChI is InChI=1S/C20H10Cl2N2OS/c21-15-7-5-12(10-16(15)22)18-8-6-14(25-18)9-13(11-23)20-24-17-3-1-2-4-19(17)26-20/h1-10H. The second kappa shape index (κ2) is 6.97. The number of para-hydroxylation sites is 1. The first-order valence-corrected chi connectivity index (χ1v) is 9.24. The molecule has 0 aliphatic heterocycles. The van der Waals surface area contributed by atoms with E-state index in [-0.39, 0.29) is 0 Å². The van der Waals surface area contributed by atoms with Gasteiger partial charge in [0.1, 0.15) is 22.6 Å². The number of aromatic nitrogens is 1. The molecule has 4 aromatic rings. The molecule has 2 aromatic heterocycles. The SMILES string of the molecule is N#CC(=Cc1ccc(-c2ccc(Cl)c(Cl)c2)o1)c1nc2ccccc2s1. The number of allylic oxidation sites excluding steroid dienone is 1. The molecule has 0 aliphatic rings. The first kappa shape index (κ1) is 16.9. The zero-order valence-electron chi connectivity index (χ0n) is 13.2. The molecular weight excluding hydrogens is 387 g/mol. The van der Waals surface area contributed by atoms with E-state index in [1.807, 2.05) is 42.5 Å². The maximum absolute atomic E-state index is 9.53. The van der Waals surface area contributed by atoms with Gasteiger partial charge in [0.05, 0.1) is 25.8 Å². The number of rotatable bonds is 3. The van der Waals surface area contributed by atoms with Gasteiger partial charge in [-0.1, -0.05) is 35.3 Å².